The topological polar surface area (TPSA) is 87.0 Å². The van der Waals surface area contributed by atoms with Crippen LogP contribution in [0.3, 0.4) is 0 Å². The molecule has 3 rings (SSSR count). The van der Waals surface area contributed by atoms with E-state index in [4.69, 9.17) is 9.47 Å². The number of ether oxygens (including phenoxy) is 2. The molecule has 28 heavy (non-hydrogen) atoms. The summed E-state index contributed by atoms with van der Waals surface area (Å²) < 4.78 is 42.0. The summed E-state index contributed by atoms with van der Waals surface area (Å²) in [6, 6.07) is 11.8. The first-order chi connectivity index (χ1) is 13.3. The zero-order valence-corrected chi connectivity index (χ0v) is 17.3. The minimum Gasteiger partial charge on any atom is -0.494 e. The second kappa shape index (κ2) is 8.15. The molecule has 3 aromatic rings. The largest absolute Gasteiger partial charge is 0.494 e. The molecule has 0 spiro atoms. The molecular formula is C19H20N2O5S2. The predicted molar refractivity (Wildman–Crippen MR) is 107 cm³/mol. The van der Waals surface area contributed by atoms with Crippen LogP contribution in [0.2, 0.25) is 0 Å². The Balaban J connectivity index is 2.19. The third-order valence-electron chi connectivity index (χ3n) is 4.00. The number of methoxy groups -OCH3 is 1. The number of aromatic nitrogens is 1. The number of nitrogens with zero attached hydrogens (tertiary/aromatic N) is 2. The molecule has 0 aliphatic heterocycles. The molecule has 0 atom stereocenters. The average molecular weight is 421 g/mol. The van der Waals surface area contributed by atoms with Crippen molar-refractivity contribution in [2.24, 2.45) is 4.40 Å². The molecule has 1 heterocycles. The van der Waals surface area contributed by atoms with E-state index in [2.05, 4.69) is 4.40 Å². The Morgan fingerprint density at radius 1 is 1.18 bits per heavy atom. The van der Waals surface area contributed by atoms with E-state index in [1.54, 1.807) is 30.3 Å². The van der Waals surface area contributed by atoms with Gasteiger partial charge in [-0.25, -0.2) is 0 Å². The van der Waals surface area contributed by atoms with E-state index in [1.807, 2.05) is 13.8 Å². The van der Waals surface area contributed by atoms with Gasteiger partial charge < -0.3 is 14.0 Å². The lowest BCUT2D eigenvalue weighted by atomic mass is 10.2. The number of sulfonamides is 1. The fourth-order valence-electron chi connectivity index (χ4n) is 2.59. The van der Waals surface area contributed by atoms with Crippen molar-refractivity contribution in [3.8, 4) is 5.75 Å². The van der Waals surface area contributed by atoms with Crippen molar-refractivity contribution in [3.05, 3.63) is 52.8 Å². The van der Waals surface area contributed by atoms with E-state index >= 15 is 0 Å². The molecule has 7 nitrogen and oxygen atoms in total. The van der Waals surface area contributed by atoms with Gasteiger partial charge in [-0.3, -0.25) is 4.79 Å². The molecule has 2 aromatic carbocycles. The van der Waals surface area contributed by atoms with Crippen LogP contribution in [0.1, 0.15) is 12.5 Å². The number of rotatable bonds is 6. The number of thiazole rings is 1. The Hall–Kier alpha value is -2.65. The highest BCUT2D eigenvalue weighted by molar-refractivity contribution is 7.90. The van der Waals surface area contributed by atoms with Crippen LogP contribution in [0.5, 0.6) is 5.75 Å². The van der Waals surface area contributed by atoms with Crippen LogP contribution in [-0.2, 0) is 26.1 Å². The Morgan fingerprint density at radius 3 is 2.54 bits per heavy atom. The first kappa shape index (κ1) is 20.1. The highest BCUT2D eigenvalue weighted by Crippen LogP contribution is 2.24. The smallest absolute Gasteiger partial charge is 0.325 e. The van der Waals surface area contributed by atoms with Crippen LogP contribution in [0.15, 0.2) is 51.8 Å². The quantitative estimate of drug-likeness (QED) is 0.572. The predicted octanol–water partition coefficient (Wildman–Crippen LogP) is 2.87. The van der Waals surface area contributed by atoms with Gasteiger partial charge in [0.2, 0.25) is 4.80 Å². The number of aryl methyl sites for hydroxylation is 1. The highest BCUT2D eigenvalue weighted by Gasteiger charge is 2.16. The summed E-state index contributed by atoms with van der Waals surface area (Å²) in [5.74, 6) is 0.164. The number of benzene rings is 2. The van der Waals surface area contributed by atoms with Crippen LogP contribution in [0.4, 0.5) is 0 Å². The summed E-state index contributed by atoms with van der Waals surface area (Å²) in [7, 11) is -2.65. The average Bonchev–Trinajstić information content (AvgIpc) is 2.98. The molecule has 0 aliphatic carbocycles. The summed E-state index contributed by atoms with van der Waals surface area (Å²) in [6.07, 6.45) is 0. The van der Waals surface area contributed by atoms with Crippen LogP contribution in [0, 0.1) is 6.92 Å². The Kier molecular flexibility index (Phi) is 5.85. The molecule has 148 valence electrons. The van der Waals surface area contributed by atoms with Crippen molar-refractivity contribution in [2.75, 3.05) is 13.7 Å². The summed E-state index contributed by atoms with van der Waals surface area (Å²) in [5.41, 5.74) is 1.63. The molecule has 1 aromatic heterocycles. The number of carbonyl (C=O) groups excluding carboxylic acids is 1. The van der Waals surface area contributed by atoms with Gasteiger partial charge in [0.25, 0.3) is 10.0 Å². The minimum atomic E-state index is -3.93. The zero-order valence-electron chi connectivity index (χ0n) is 15.7. The molecule has 0 amide bonds. The van der Waals surface area contributed by atoms with Crippen LogP contribution >= 0.6 is 11.3 Å². The molecule has 0 saturated carbocycles. The van der Waals surface area contributed by atoms with E-state index in [-0.39, 0.29) is 16.2 Å². The Labute approximate surface area is 166 Å². The van der Waals surface area contributed by atoms with Crippen molar-refractivity contribution < 1.29 is 22.7 Å². The minimum absolute atomic E-state index is 0.0928. The number of fused-ring (bicyclic) bond motifs is 1. The zero-order chi connectivity index (χ0) is 20.3. The Bertz CT molecular complexity index is 1180. The SMILES string of the molecule is CCOc1ccc2c(c1)s/c(=N\S(=O)(=O)c1ccc(C)cc1)n2CC(=O)OC. The van der Waals surface area contributed by atoms with Gasteiger partial charge in [0, 0.05) is 0 Å². The standard InChI is InChI=1S/C19H20N2O5S2/c1-4-26-14-7-10-16-17(11-14)27-19(21(16)12-18(22)25-3)20-28(23,24)15-8-5-13(2)6-9-15/h5-11H,4,12H2,1-3H3/b20-19-. The second-order valence-electron chi connectivity index (χ2n) is 5.99. The van der Waals surface area contributed by atoms with Gasteiger partial charge in [-0.1, -0.05) is 29.0 Å². The molecule has 0 saturated heterocycles. The molecule has 0 aliphatic rings. The third kappa shape index (κ3) is 4.26. The van der Waals surface area contributed by atoms with Crippen molar-refractivity contribution >= 4 is 37.5 Å². The van der Waals surface area contributed by atoms with E-state index < -0.39 is 16.0 Å². The molecule has 0 N–H and O–H groups in total. The maximum absolute atomic E-state index is 12.8. The van der Waals surface area contributed by atoms with E-state index in [0.29, 0.717) is 17.9 Å². The number of esters is 1. The molecule has 0 radical (unpaired) electrons. The van der Waals surface area contributed by atoms with Gasteiger partial charge in [0.05, 0.1) is 28.8 Å². The van der Waals surface area contributed by atoms with E-state index in [1.165, 1.54) is 35.1 Å². The summed E-state index contributed by atoms with van der Waals surface area (Å²) in [5, 5.41) is 0. The van der Waals surface area contributed by atoms with Gasteiger partial charge in [0.1, 0.15) is 12.3 Å². The lowest BCUT2D eigenvalue weighted by Crippen LogP contribution is -2.22. The molecular weight excluding hydrogens is 400 g/mol. The van der Waals surface area contributed by atoms with Gasteiger partial charge in [0.15, 0.2) is 0 Å². The maximum atomic E-state index is 12.8. The van der Waals surface area contributed by atoms with Gasteiger partial charge >= 0.3 is 5.97 Å². The first-order valence-corrected chi connectivity index (χ1v) is 10.8. The third-order valence-corrected chi connectivity index (χ3v) is 6.44. The highest BCUT2D eigenvalue weighted by atomic mass is 32.2. The lowest BCUT2D eigenvalue weighted by molar-refractivity contribution is -0.141. The fraction of sp³-hybridized carbons (Fsp3) is 0.263. The number of carbonyl (C=O) groups is 1. The molecule has 0 bridgehead atoms. The molecule has 0 unspecified atom stereocenters. The summed E-state index contributed by atoms with van der Waals surface area (Å²) in [6.45, 7) is 4.12. The number of hydrogen-bond donors (Lipinski definition) is 0. The van der Waals surface area contributed by atoms with Crippen LogP contribution < -0.4 is 9.54 Å². The van der Waals surface area contributed by atoms with E-state index in [0.717, 1.165) is 10.3 Å². The van der Waals surface area contributed by atoms with Gasteiger partial charge in [-0.2, -0.15) is 8.42 Å². The van der Waals surface area contributed by atoms with Crippen LogP contribution in [0.25, 0.3) is 10.2 Å². The van der Waals surface area contributed by atoms with Crippen molar-refractivity contribution in [1.29, 1.82) is 0 Å². The Morgan fingerprint density at radius 2 is 1.89 bits per heavy atom. The second-order valence-corrected chi connectivity index (χ2v) is 8.60. The van der Waals surface area contributed by atoms with E-state index in [9.17, 15) is 13.2 Å². The summed E-state index contributed by atoms with van der Waals surface area (Å²) in [4.78, 5) is 12.1. The van der Waals surface area contributed by atoms with Gasteiger partial charge in [-0.15, -0.1) is 4.40 Å². The van der Waals surface area contributed by atoms with Crippen molar-refractivity contribution in [1.82, 2.24) is 4.57 Å². The normalized spacial score (nSPS) is 12.3. The van der Waals surface area contributed by atoms with Crippen molar-refractivity contribution in [3.63, 3.8) is 0 Å². The van der Waals surface area contributed by atoms with Gasteiger partial charge in [-0.05, 0) is 44.2 Å². The fourth-order valence-corrected chi connectivity index (χ4v) is 4.85. The molecule has 9 heteroatoms. The monoisotopic (exact) mass is 420 g/mol. The molecule has 0 fully saturated rings. The summed E-state index contributed by atoms with van der Waals surface area (Å²) >= 11 is 1.17. The maximum Gasteiger partial charge on any atom is 0.325 e. The van der Waals surface area contributed by atoms with Crippen LogP contribution in [-0.4, -0.2) is 32.7 Å². The first-order valence-electron chi connectivity index (χ1n) is 8.54. The number of hydrogen-bond acceptors (Lipinski definition) is 6. The van der Waals surface area contributed by atoms with Crippen molar-refractivity contribution in [2.45, 2.75) is 25.3 Å². The lowest BCUT2D eigenvalue weighted by Gasteiger charge is -2.05.